The number of rotatable bonds is 5. The maximum atomic E-state index is 12.7. The van der Waals surface area contributed by atoms with Crippen molar-refractivity contribution in [3.05, 3.63) is 29.5 Å². The lowest BCUT2D eigenvalue weighted by Crippen LogP contribution is -2.28. The van der Waals surface area contributed by atoms with Crippen molar-refractivity contribution >= 4 is 27.0 Å². The average Bonchev–Trinajstić information content (AvgIpc) is 3.11. The molecule has 0 radical (unpaired) electrons. The van der Waals surface area contributed by atoms with Gasteiger partial charge in [0.2, 0.25) is 0 Å². The first-order valence-electron chi connectivity index (χ1n) is 8.74. The number of nitrogens with zero attached hydrogens (tertiary/aromatic N) is 1. The second-order valence-electron chi connectivity index (χ2n) is 7.33. The van der Waals surface area contributed by atoms with E-state index in [0.29, 0.717) is 24.0 Å². The quantitative estimate of drug-likeness (QED) is 0.580. The molecule has 3 rings (SSSR count). The van der Waals surface area contributed by atoms with Gasteiger partial charge >= 0.3 is 21.6 Å². The fourth-order valence-corrected chi connectivity index (χ4v) is 4.17. The number of aryl methyl sites for hydroxylation is 1. The van der Waals surface area contributed by atoms with Gasteiger partial charge in [-0.3, -0.25) is 4.79 Å². The Balaban J connectivity index is 2.15. The van der Waals surface area contributed by atoms with E-state index in [9.17, 15) is 31.5 Å². The van der Waals surface area contributed by atoms with Gasteiger partial charge < -0.3 is 13.9 Å². The molecule has 2 atom stereocenters. The Morgan fingerprint density at radius 2 is 1.89 bits per heavy atom. The smallest absolute Gasteiger partial charge is 0.481 e. The molecule has 2 heterocycles. The molecule has 0 fully saturated rings. The van der Waals surface area contributed by atoms with E-state index < -0.39 is 33.3 Å². The van der Waals surface area contributed by atoms with Crippen molar-refractivity contribution in [3.8, 4) is 5.75 Å². The van der Waals surface area contributed by atoms with Crippen molar-refractivity contribution < 1.29 is 35.7 Å². The topological polar surface area (TPSA) is 85.6 Å². The van der Waals surface area contributed by atoms with Gasteiger partial charge in [-0.1, -0.05) is 20.8 Å². The van der Waals surface area contributed by atoms with Crippen LogP contribution < -0.4 is 4.18 Å². The minimum Gasteiger partial charge on any atom is -0.481 e. The first kappa shape index (κ1) is 20.5. The number of fused-ring (bicyclic) bond motifs is 3. The summed E-state index contributed by atoms with van der Waals surface area (Å²) in [5, 5.41) is 10.1. The van der Waals surface area contributed by atoms with E-state index in [1.807, 2.05) is 24.5 Å². The van der Waals surface area contributed by atoms with Crippen LogP contribution in [-0.4, -0.2) is 29.6 Å². The Labute approximate surface area is 160 Å². The zero-order valence-electron chi connectivity index (χ0n) is 15.4. The average molecular weight is 419 g/mol. The van der Waals surface area contributed by atoms with Gasteiger partial charge in [-0.25, -0.2) is 0 Å². The van der Waals surface area contributed by atoms with Crippen LogP contribution in [0, 0.1) is 5.92 Å². The van der Waals surface area contributed by atoms with Gasteiger partial charge in [0.05, 0.1) is 11.4 Å². The Bertz CT molecular complexity index is 1040. The van der Waals surface area contributed by atoms with Crippen LogP contribution in [0.1, 0.15) is 50.3 Å². The van der Waals surface area contributed by atoms with Gasteiger partial charge in [0.25, 0.3) is 0 Å². The molecule has 0 spiro atoms. The number of hydrogen-bond donors (Lipinski definition) is 1. The minimum absolute atomic E-state index is 0.113. The van der Waals surface area contributed by atoms with Gasteiger partial charge in [-0.2, -0.15) is 21.6 Å². The SMILES string of the molecule is CC(C)c1cc(OS(=O)(=O)C(F)(F)F)cc2c1cc1n2CCC1C(C)C(=O)O. The normalized spacial score (nSPS) is 18.5. The first-order chi connectivity index (χ1) is 12.8. The van der Waals surface area contributed by atoms with Crippen molar-refractivity contribution in [2.24, 2.45) is 5.92 Å². The summed E-state index contributed by atoms with van der Waals surface area (Å²) in [6, 6.07) is 4.41. The number of aliphatic carboxylic acids is 1. The van der Waals surface area contributed by atoms with E-state index in [1.54, 1.807) is 6.92 Å². The molecular weight excluding hydrogens is 399 g/mol. The molecule has 10 heteroatoms. The molecule has 0 bridgehead atoms. The maximum absolute atomic E-state index is 12.7. The lowest BCUT2D eigenvalue weighted by molar-refractivity contribution is -0.141. The number of aromatic nitrogens is 1. The molecule has 0 amide bonds. The molecule has 0 aliphatic carbocycles. The van der Waals surface area contributed by atoms with E-state index >= 15 is 0 Å². The summed E-state index contributed by atoms with van der Waals surface area (Å²) < 4.78 is 67.1. The van der Waals surface area contributed by atoms with Crippen LogP contribution in [0.15, 0.2) is 18.2 Å². The molecule has 2 unspecified atom stereocenters. The number of carbonyl (C=O) groups is 1. The van der Waals surface area contributed by atoms with Crippen LogP contribution in [0.25, 0.3) is 10.9 Å². The number of alkyl halides is 3. The molecule has 1 aliphatic heterocycles. The summed E-state index contributed by atoms with van der Waals surface area (Å²) in [6.45, 7) is 5.77. The van der Waals surface area contributed by atoms with Gasteiger partial charge in [-0.05, 0) is 30.0 Å². The third-order valence-corrected chi connectivity index (χ3v) is 6.19. The lowest BCUT2D eigenvalue weighted by Gasteiger charge is -2.14. The highest BCUT2D eigenvalue weighted by molar-refractivity contribution is 7.88. The van der Waals surface area contributed by atoms with Crippen molar-refractivity contribution in [2.45, 2.75) is 51.1 Å². The number of carboxylic acids is 1. The lowest BCUT2D eigenvalue weighted by atomic mass is 9.89. The zero-order chi connectivity index (χ0) is 21.0. The van der Waals surface area contributed by atoms with Gasteiger partial charge in [0.1, 0.15) is 5.75 Å². The van der Waals surface area contributed by atoms with E-state index in [2.05, 4.69) is 4.18 Å². The van der Waals surface area contributed by atoms with Gasteiger partial charge in [-0.15, -0.1) is 0 Å². The fraction of sp³-hybridized carbons (Fsp3) is 0.500. The number of hydrogen-bond acceptors (Lipinski definition) is 4. The van der Waals surface area contributed by atoms with Crippen LogP contribution >= 0.6 is 0 Å². The second-order valence-corrected chi connectivity index (χ2v) is 8.86. The van der Waals surface area contributed by atoms with E-state index in [4.69, 9.17) is 0 Å². The van der Waals surface area contributed by atoms with Crippen molar-refractivity contribution in [1.29, 1.82) is 0 Å². The number of halogens is 3. The number of benzene rings is 1. The first-order valence-corrected chi connectivity index (χ1v) is 10.1. The number of carboxylic acid groups (broad SMARTS) is 1. The van der Waals surface area contributed by atoms with Crippen molar-refractivity contribution in [1.82, 2.24) is 4.57 Å². The van der Waals surface area contributed by atoms with Crippen molar-refractivity contribution in [2.75, 3.05) is 0 Å². The third kappa shape index (κ3) is 3.34. The predicted molar refractivity (Wildman–Crippen MR) is 95.8 cm³/mol. The highest BCUT2D eigenvalue weighted by Crippen LogP contribution is 2.42. The summed E-state index contributed by atoms with van der Waals surface area (Å²) in [7, 11) is -5.78. The molecule has 1 aromatic heterocycles. The molecule has 0 saturated heterocycles. The van der Waals surface area contributed by atoms with E-state index in [0.717, 1.165) is 11.1 Å². The van der Waals surface area contributed by atoms with Gasteiger partial charge in [0, 0.05) is 29.6 Å². The second kappa shape index (κ2) is 6.68. The van der Waals surface area contributed by atoms with Crippen molar-refractivity contribution in [3.63, 3.8) is 0 Å². The Morgan fingerprint density at radius 1 is 1.25 bits per heavy atom. The van der Waals surface area contributed by atoms with Crippen LogP contribution in [-0.2, 0) is 21.5 Å². The molecular formula is C18H20F3NO5S. The highest BCUT2D eigenvalue weighted by Gasteiger charge is 2.48. The van der Waals surface area contributed by atoms with Gasteiger partial charge in [0.15, 0.2) is 0 Å². The highest BCUT2D eigenvalue weighted by atomic mass is 32.2. The standard InChI is InChI=1S/C18H20F3NO5S/c1-9(2)13-6-11(27-28(25,26)18(19,20)21)7-15-14(13)8-16-12(4-5-22(15)16)10(3)17(23)24/h6-10,12H,4-5H2,1-3H3,(H,23,24). The Morgan fingerprint density at radius 3 is 2.43 bits per heavy atom. The summed E-state index contributed by atoms with van der Waals surface area (Å²) in [5.74, 6) is -2.29. The van der Waals surface area contributed by atoms with E-state index in [-0.39, 0.29) is 11.8 Å². The minimum atomic E-state index is -5.78. The van der Waals surface area contributed by atoms with E-state index in [1.165, 1.54) is 12.1 Å². The molecule has 0 saturated carbocycles. The Hall–Kier alpha value is -2.23. The third-order valence-electron chi connectivity index (χ3n) is 5.21. The summed E-state index contributed by atoms with van der Waals surface area (Å²) in [5.41, 5.74) is -3.58. The van der Waals surface area contributed by atoms with Crippen LogP contribution in [0.4, 0.5) is 13.2 Å². The molecule has 28 heavy (non-hydrogen) atoms. The van der Waals surface area contributed by atoms with Crippen LogP contribution in [0.2, 0.25) is 0 Å². The molecule has 1 aromatic carbocycles. The molecule has 1 N–H and O–H groups in total. The Kier molecular flexibility index (Phi) is 4.89. The maximum Gasteiger partial charge on any atom is 0.534 e. The molecule has 1 aliphatic rings. The summed E-state index contributed by atoms with van der Waals surface area (Å²) in [6.07, 6.45) is 0.585. The fourth-order valence-electron chi connectivity index (χ4n) is 3.73. The summed E-state index contributed by atoms with van der Waals surface area (Å²) >= 11 is 0. The largest absolute Gasteiger partial charge is 0.534 e. The van der Waals surface area contributed by atoms with Crippen LogP contribution in [0.3, 0.4) is 0 Å². The monoisotopic (exact) mass is 419 g/mol. The summed E-state index contributed by atoms with van der Waals surface area (Å²) in [4.78, 5) is 11.4. The molecule has 2 aromatic rings. The zero-order valence-corrected chi connectivity index (χ0v) is 16.3. The van der Waals surface area contributed by atoms with Crippen LogP contribution in [0.5, 0.6) is 5.75 Å². The molecule has 154 valence electrons. The molecule has 6 nitrogen and oxygen atoms in total. The predicted octanol–water partition coefficient (Wildman–Crippen LogP) is 4.20.